The van der Waals surface area contributed by atoms with E-state index in [-0.39, 0.29) is 26.5 Å². The number of benzene rings is 2. The van der Waals surface area contributed by atoms with E-state index in [0.717, 1.165) is 43.5 Å². The number of amides is 1. The van der Waals surface area contributed by atoms with Crippen LogP contribution in [-0.2, 0) is 9.84 Å². The Morgan fingerprint density at radius 1 is 1.12 bits per heavy atom. The molecule has 9 heteroatoms. The summed E-state index contributed by atoms with van der Waals surface area (Å²) in [5.41, 5.74) is 1.49. The lowest BCUT2D eigenvalue weighted by Crippen LogP contribution is -2.40. The van der Waals surface area contributed by atoms with Crippen LogP contribution in [0.4, 0.5) is 4.39 Å². The Morgan fingerprint density at radius 2 is 1.78 bits per heavy atom. The number of likely N-dealkylation sites (tertiary alicyclic amines) is 1. The first-order chi connectivity index (χ1) is 15.2. The largest absolute Gasteiger partial charge is 0.349 e. The van der Waals surface area contributed by atoms with Crippen LogP contribution in [0.1, 0.15) is 40.9 Å². The maximum atomic E-state index is 15.1. The van der Waals surface area contributed by atoms with Crippen molar-refractivity contribution < 1.29 is 17.6 Å². The third-order valence-electron chi connectivity index (χ3n) is 5.72. The number of aromatic amines is 1. The molecule has 1 aromatic heterocycles. The number of piperidine rings is 1. The van der Waals surface area contributed by atoms with Crippen LogP contribution in [0, 0.1) is 19.7 Å². The molecule has 1 aliphatic rings. The molecule has 4 rings (SSSR count). The number of nitrogens with one attached hydrogen (secondary N) is 2. The molecular weight excluding hydrogens is 453 g/mol. The number of H-pyrrole nitrogens is 1. The number of aryl methyl sites for hydroxylation is 2. The SMILES string of the molecule is Cc1cc(C)cc(S(=O)(=O)c2c(C(=O)NCN3CCCCC3)[nH]c3ccc(Cl)c(F)c23)c1. The van der Waals surface area contributed by atoms with Crippen LogP contribution >= 0.6 is 11.6 Å². The molecule has 0 atom stereocenters. The topological polar surface area (TPSA) is 82.3 Å². The van der Waals surface area contributed by atoms with Gasteiger partial charge >= 0.3 is 0 Å². The Kier molecular flexibility index (Phi) is 6.29. The van der Waals surface area contributed by atoms with E-state index in [1.54, 1.807) is 13.8 Å². The van der Waals surface area contributed by atoms with Gasteiger partial charge in [-0.1, -0.05) is 24.1 Å². The molecule has 0 radical (unpaired) electrons. The summed E-state index contributed by atoms with van der Waals surface area (Å²) in [5.74, 6) is -1.48. The van der Waals surface area contributed by atoms with Crippen LogP contribution in [0.2, 0.25) is 5.02 Å². The van der Waals surface area contributed by atoms with Crippen LogP contribution in [0.15, 0.2) is 40.1 Å². The molecule has 0 bridgehead atoms. The van der Waals surface area contributed by atoms with Crippen molar-refractivity contribution in [2.75, 3.05) is 19.8 Å². The number of fused-ring (bicyclic) bond motifs is 1. The van der Waals surface area contributed by atoms with E-state index in [1.807, 2.05) is 6.07 Å². The van der Waals surface area contributed by atoms with Gasteiger partial charge < -0.3 is 10.3 Å². The van der Waals surface area contributed by atoms with E-state index >= 15 is 4.39 Å². The molecule has 0 aliphatic carbocycles. The Labute approximate surface area is 191 Å². The summed E-state index contributed by atoms with van der Waals surface area (Å²) in [6.07, 6.45) is 3.27. The smallest absolute Gasteiger partial charge is 0.270 e. The molecule has 0 spiro atoms. The van der Waals surface area contributed by atoms with E-state index < -0.39 is 26.5 Å². The van der Waals surface area contributed by atoms with Gasteiger partial charge in [0.1, 0.15) is 10.6 Å². The first-order valence-electron chi connectivity index (χ1n) is 10.5. The van der Waals surface area contributed by atoms with Gasteiger partial charge in [0.25, 0.3) is 5.91 Å². The Morgan fingerprint density at radius 3 is 2.44 bits per heavy atom. The lowest BCUT2D eigenvalue weighted by Gasteiger charge is -2.26. The second-order valence-electron chi connectivity index (χ2n) is 8.28. The predicted molar refractivity (Wildman–Crippen MR) is 122 cm³/mol. The van der Waals surface area contributed by atoms with Gasteiger partial charge in [-0.3, -0.25) is 9.69 Å². The number of halogens is 2. The molecule has 2 heterocycles. The first-order valence-corrected chi connectivity index (χ1v) is 12.4. The second kappa shape index (κ2) is 8.84. The molecule has 1 amide bonds. The van der Waals surface area contributed by atoms with E-state index in [0.29, 0.717) is 6.67 Å². The molecule has 2 aromatic carbocycles. The highest BCUT2D eigenvalue weighted by molar-refractivity contribution is 7.91. The van der Waals surface area contributed by atoms with E-state index in [9.17, 15) is 13.2 Å². The molecule has 0 saturated carbocycles. The fourth-order valence-electron chi connectivity index (χ4n) is 4.22. The number of carbonyl (C=O) groups excluding carboxylic acids is 1. The molecule has 0 unspecified atom stereocenters. The summed E-state index contributed by atoms with van der Waals surface area (Å²) in [6, 6.07) is 7.68. The maximum absolute atomic E-state index is 15.1. The number of hydrogen-bond acceptors (Lipinski definition) is 4. The van der Waals surface area contributed by atoms with E-state index in [1.165, 1.54) is 24.3 Å². The summed E-state index contributed by atoms with van der Waals surface area (Å²) in [6.45, 7) is 5.59. The molecule has 1 saturated heterocycles. The zero-order valence-electron chi connectivity index (χ0n) is 18.0. The summed E-state index contributed by atoms with van der Waals surface area (Å²) in [4.78, 5) is 17.6. The molecule has 2 N–H and O–H groups in total. The van der Waals surface area contributed by atoms with Gasteiger partial charge in [-0.25, -0.2) is 12.8 Å². The number of sulfone groups is 1. The van der Waals surface area contributed by atoms with E-state index in [2.05, 4.69) is 15.2 Å². The van der Waals surface area contributed by atoms with Crippen molar-refractivity contribution in [1.29, 1.82) is 0 Å². The minimum absolute atomic E-state index is 0.000330. The number of carbonyl (C=O) groups is 1. The van der Waals surface area contributed by atoms with Crippen molar-refractivity contribution in [3.63, 3.8) is 0 Å². The van der Waals surface area contributed by atoms with Crippen molar-refractivity contribution in [2.24, 2.45) is 0 Å². The van der Waals surface area contributed by atoms with Crippen molar-refractivity contribution in [1.82, 2.24) is 15.2 Å². The van der Waals surface area contributed by atoms with Crippen molar-refractivity contribution in [3.8, 4) is 0 Å². The fourth-order valence-corrected chi connectivity index (χ4v) is 6.17. The zero-order valence-corrected chi connectivity index (χ0v) is 19.5. The normalized spacial score (nSPS) is 15.2. The van der Waals surface area contributed by atoms with Gasteiger partial charge in [0.2, 0.25) is 9.84 Å². The zero-order chi connectivity index (χ0) is 23.0. The molecule has 3 aromatic rings. The van der Waals surface area contributed by atoms with E-state index in [4.69, 9.17) is 11.6 Å². The van der Waals surface area contributed by atoms with Gasteiger partial charge in [-0.2, -0.15) is 0 Å². The Hall–Kier alpha value is -2.42. The summed E-state index contributed by atoms with van der Waals surface area (Å²) >= 11 is 5.97. The average Bonchev–Trinajstić information content (AvgIpc) is 3.16. The molecular formula is C23H25ClFN3O3S. The third-order valence-corrected chi connectivity index (χ3v) is 7.82. The average molecular weight is 478 g/mol. The minimum atomic E-state index is -4.23. The number of rotatable bonds is 5. The Bertz CT molecular complexity index is 1280. The molecule has 6 nitrogen and oxygen atoms in total. The highest BCUT2D eigenvalue weighted by Crippen LogP contribution is 2.36. The first kappa shape index (κ1) is 22.8. The van der Waals surface area contributed by atoms with Crippen molar-refractivity contribution >= 4 is 38.2 Å². The standard InChI is InChI=1S/C23H25ClFN3O3S/c1-14-10-15(2)12-16(11-14)32(30,31)22-19-18(7-6-17(24)20(19)25)27-21(22)23(29)26-13-28-8-4-3-5-9-28/h6-7,10-12,27H,3-5,8-9,13H2,1-2H3,(H,26,29). The quantitative estimate of drug-likeness (QED) is 0.563. The monoisotopic (exact) mass is 477 g/mol. The molecule has 32 heavy (non-hydrogen) atoms. The summed E-state index contributed by atoms with van der Waals surface area (Å²) < 4.78 is 42.4. The van der Waals surface area contributed by atoms with Crippen molar-refractivity contribution in [3.05, 3.63) is 58.0 Å². The maximum Gasteiger partial charge on any atom is 0.270 e. The second-order valence-corrected chi connectivity index (χ2v) is 10.6. The van der Waals surface area contributed by atoms with Crippen LogP contribution in [0.25, 0.3) is 10.9 Å². The molecule has 1 fully saturated rings. The number of nitrogens with zero attached hydrogens (tertiary/aromatic N) is 1. The van der Waals surface area contributed by atoms with Crippen LogP contribution in [0.3, 0.4) is 0 Å². The van der Waals surface area contributed by atoms with Crippen LogP contribution in [-0.4, -0.2) is 44.0 Å². The number of aromatic nitrogens is 1. The third kappa shape index (κ3) is 4.27. The minimum Gasteiger partial charge on any atom is -0.349 e. The lowest BCUT2D eigenvalue weighted by molar-refractivity contribution is 0.0907. The fraction of sp³-hybridized carbons (Fsp3) is 0.348. The summed E-state index contributed by atoms with van der Waals surface area (Å²) in [7, 11) is -4.23. The highest BCUT2D eigenvalue weighted by atomic mass is 35.5. The number of hydrogen-bond donors (Lipinski definition) is 2. The van der Waals surface area contributed by atoms with Gasteiger partial charge in [-0.15, -0.1) is 0 Å². The van der Waals surface area contributed by atoms with Gasteiger partial charge in [-0.05, 0) is 75.2 Å². The molecule has 1 aliphatic heterocycles. The predicted octanol–water partition coefficient (Wildman–Crippen LogP) is 4.58. The van der Waals surface area contributed by atoms with Crippen LogP contribution in [0.5, 0.6) is 0 Å². The summed E-state index contributed by atoms with van der Waals surface area (Å²) in [5, 5.41) is 2.36. The lowest BCUT2D eigenvalue weighted by atomic mass is 10.1. The van der Waals surface area contributed by atoms with Gasteiger partial charge in [0.05, 0.1) is 27.5 Å². The van der Waals surface area contributed by atoms with Crippen molar-refractivity contribution in [2.45, 2.75) is 42.9 Å². The van der Waals surface area contributed by atoms with Gasteiger partial charge in [0.15, 0.2) is 5.82 Å². The molecule has 170 valence electrons. The highest BCUT2D eigenvalue weighted by Gasteiger charge is 2.32. The van der Waals surface area contributed by atoms with Gasteiger partial charge in [0, 0.05) is 0 Å². The van der Waals surface area contributed by atoms with Crippen LogP contribution < -0.4 is 5.32 Å². The Balaban J connectivity index is 1.84.